The number of unbranched alkanes of at least 4 members (excludes halogenated alkanes) is 8. The van der Waals surface area contributed by atoms with Gasteiger partial charge < -0.3 is 29.4 Å². The minimum absolute atomic E-state index is 0. The topological polar surface area (TPSA) is 92.2 Å². The normalized spacial score (nSPS) is 14.2. The number of halogens is 24. The van der Waals surface area contributed by atoms with Gasteiger partial charge in [0.25, 0.3) is 0 Å². The van der Waals surface area contributed by atoms with Gasteiger partial charge in [-0.3, -0.25) is 0 Å². The molecule has 0 bridgehead atoms. The first-order valence-corrected chi connectivity index (χ1v) is 24.0. The molecule has 0 N–H and O–H groups in total. The summed E-state index contributed by atoms with van der Waals surface area (Å²) in [7, 11) is 0. The van der Waals surface area contributed by atoms with Gasteiger partial charge in [-0.05, 0) is 51.4 Å². The van der Waals surface area contributed by atoms with E-state index in [1.54, 1.807) is 0 Å². The third-order valence-electron chi connectivity index (χ3n) is 12.1. The van der Waals surface area contributed by atoms with E-state index in [4.69, 9.17) is 0 Å². The summed E-state index contributed by atoms with van der Waals surface area (Å²) in [4.78, 5) is 0. The molecule has 1 radical (unpaired) electrons. The Kier molecular flexibility index (Phi) is 36.0. The smallest absolute Gasteiger partial charge is 0.837 e. The van der Waals surface area contributed by atoms with E-state index in [1.807, 2.05) is 0 Å². The number of hydrogen-bond acceptors (Lipinski definition) is 4. The van der Waals surface area contributed by atoms with Crippen LogP contribution in [0.2, 0.25) is 0 Å². The fourth-order valence-electron chi connectivity index (χ4n) is 7.53. The Hall–Kier alpha value is -1.41. The standard InChI is InChI=1S/2C16H36N.2C6F12O2.Co/c2*1-5-9-13-17(14-10-6-2,15-11-7-3)16-12-8-4;2*7-3(8,9)1(19,4(10,11)12)2(20,5(13,14)15)6(16,17)18;/h2*5-16H2,1-4H3;;;/q2*+1;2*-2;+2. The van der Waals surface area contributed by atoms with Crippen molar-refractivity contribution >= 4 is 0 Å². The number of alkyl halides is 24. The van der Waals surface area contributed by atoms with Crippen molar-refractivity contribution in [3.63, 3.8) is 0 Å². The second-order valence-electron chi connectivity index (χ2n) is 18.0. The first-order valence-electron chi connectivity index (χ1n) is 24.0. The molecule has 0 saturated carbocycles. The maximum Gasteiger partial charge on any atom is 2.00 e. The molecular formula is C44H72CoF24N2O4. The molecule has 0 aromatic rings. The molecule has 0 spiro atoms. The van der Waals surface area contributed by atoms with E-state index in [0.717, 1.165) is 0 Å². The minimum Gasteiger partial charge on any atom is -0.837 e. The summed E-state index contributed by atoms with van der Waals surface area (Å²) in [5.41, 5.74) is -31.4. The van der Waals surface area contributed by atoms with Gasteiger partial charge in [0.05, 0.1) is 74.8 Å². The molecule has 31 heteroatoms. The van der Waals surface area contributed by atoms with E-state index < -0.39 is 71.8 Å². The predicted octanol–water partition coefficient (Wildman–Crippen LogP) is 12.9. The van der Waals surface area contributed by atoms with Gasteiger partial charge in [0, 0.05) is 0 Å². The van der Waals surface area contributed by atoms with Gasteiger partial charge in [-0.15, -0.1) is 0 Å². The van der Waals surface area contributed by atoms with Crippen molar-refractivity contribution in [3.8, 4) is 0 Å². The summed E-state index contributed by atoms with van der Waals surface area (Å²) < 4.78 is 289. The molecule has 75 heavy (non-hydrogen) atoms. The third kappa shape index (κ3) is 21.9. The maximum atomic E-state index is 11.9. The molecule has 0 aliphatic rings. The zero-order valence-corrected chi connectivity index (χ0v) is 43.9. The molecule has 0 heterocycles. The van der Waals surface area contributed by atoms with Crippen LogP contribution in [0.15, 0.2) is 0 Å². The van der Waals surface area contributed by atoms with Crippen LogP contribution in [0, 0.1) is 0 Å². The summed E-state index contributed by atoms with van der Waals surface area (Å²) in [6.07, 6.45) is -39.4. The SMILES string of the molecule is CCCC[N+](CCCC)(CCCC)CCCC.CCCC[N+](CCCC)(CCCC)CCCC.[Co+2].[O-]C(C(F)(F)F)(C(F)(F)F)C([O-])(C(F)(F)F)C(F)(F)F.[O-]C(C(F)(F)F)(C(F)(F)F)C([O-])(C(F)(F)F)C(F)(F)F. The first kappa shape index (κ1) is 82.4. The predicted molar refractivity (Wildman–Crippen MR) is 218 cm³/mol. The summed E-state index contributed by atoms with van der Waals surface area (Å²) >= 11 is 0. The molecule has 0 aliphatic carbocycles. The average molecular weight is 1210 g/mol. The Morgan fingerprint density at radius 1 is 0.213 bits per heavy atom. The van der Waals surface area contributed by atoms with Crippen molar-refractivity contribution < 1.29 is 152 Å². The molecule has 0 aliphatic heterocycles. The van der Waals surface area contributed by atoms with Gasteiger partial charge in [0.15, 0.2) is 0 Å². The Morgan fingerprint density at radius 3 is 0.347 bits per heavy atom. The minimum atomic E-state index is -7.86. The van der Waals surface area contributed by atoms with Crippen LogP contribution >= 0.6 is 0 Å². The molecule has 0 atom stereocenters. The molecular weight excluding hydrogens is 1140 g/mol. The van der Waals surface area contributed by atoms with E-state index in [2.05, 4.69) is 55.4 Å². The second kappa shape index (κ2) is 32.7. The van der Waals surface area contributed by atoms with E-state index in [9.17, 15) is 126 Å². The van der Waals surface area contributed by atoms with Gasteiger partial charge >= 0.3 is 66.2 Å². The maximum absolute atomic E-state index is 11.9. The molecule has 0 rings (SSSR count). The van der Waals surface area contributed by atoms with E-state index >= 15 is 0 Å². The number of quaternary nitrogens is 2. The van der Waals surface area contributed by atoms with E-state index in [1.165, 1.54) is 164 Å². The number of hydrogen-bond donors (Lipinski definition) is 0. The zero-order valence-electron chi connectivity index (χ0n) is 42.9. The third-order valence-corrected chi connectivity index (χ3v) is 12.1. The number of nitrogens with zero attached hydrogens (tertiary/aromatic N) is 2. The van der Waals surface area contributed by atoms with Crippen molar-refractivity contribution in [2.24, 2.45) is 0 Å². The van der Waals surface area contributed by atoms with Crippen molar-refractivity contribution in [2.75, 3.05) is 52.4 Å². The first-order chi connectivity index (χ1) is 33.0. The van der Waals surface area contributed by atoms with Crippen molar-refractivity contribution in [1.29, 1.82) is 0 Å². The van der Waals surface area contributed by atoms with E-state index in [0.29, 0.717) is 0 Å². The van der Waals surface area contributed by atoms with Crippen molar-refractivity contribution in [2.45, 2.75) is 230 Å². The molecule has 6 nitrogen and oxygen atoms in total. The molecule has 0 amide bonds. The quantitative estimate of drug-likeness (QED) is 0.0637. The summed E-state index contributed by atoms with van der Waals surface area (Å²) in [6, 6.07) is 0. The molecule has 0 fully saturated rings. The molecule has 459 valence electrons. The van der Waals surface area contributed by atoms with Crippen LogP contribution in [0.1, 0.15) is 158 Å². The van der Waals surface area contributed by atoms with Crippen LogP contribution in [0.5, 0.6) is 0 Å². The fraction of sp³-hybridized carbons (Fsp3) is 1.00. The molecule has 0 saturated heterocycles. The largest absolute Gasteiger partial charge is 2.00 e. The Bertz CT molecular complexity index is 1170. The second-order valence-corrected chi connectivity index (χ2v) is 18.0. The van der Waals surface area contributed by atoms with E-state index in [-0.39, 0.29) is 16.8 Å². The summed E-state index contributed by atoms with van der Waals surface area (Å²) in [6.45, 7) is 30.0. The van der Waals surface area contributed by atoms with Crippen LogP contribution in [-0.4, -0.2) is 133 Å². The Balaban J connectivity index is -0.000000290. The van der Waals surface area contributed by atoms with Crippen LogP contribution in [0.3, 0.4) is 0 Å². The average Bonchev–Trinajstić information content (AvgIpc) is 3.24. The Morgan fingerprint density at radius 2 is 0.293 bits per heavy atom. The van der Waals surface area contributed by atoms with Gasteiger partial charge in [-0.1, -0.05) is 107 Å². The van der Waals surface area contributed by atoms with Crippen LogP contribution in [0.25, 0.3) is 0 Å². The summed E-state index contributed by atoms with van der Waals surface area (Å²) in [5.74, 6) is 0. The van der Waals surface area contributed by atoms with Crippen molar-refractivity contribution in [1.82, 2.24) is 0 Å². The van der Waals surface area contributed by atoms with Gasteiger partial charge in [-0.2, -0.15) is 105 Å². The fourth-order valence-corrected chi connectivity index (χ4v) is 7.53. The summed E-state index contributed by atoms with van der Waals surface area (Å²) in [5, 5.41) is 41.8. The van der Waals surface area contributed by atoms with Gasteiger partial charge in [0.1, 0.15) is 0 Å². The molecule has 0 unspecified atom stereocenters. The Labute approximate surface area is 433 Å². The number of rotatable bonds is 26. The van der Waals surface area contributed by atoms with Crippen LogP contribution in [-0.2, 0) is 16.8 Å². The van der Waals surface area contributed by atoms with Gasteiger partial charge in [-0.25, -0.2) is 0 Å². The van der Waals surface area contributed by atoms with Crippen LogP contribution < -0.4 is 20.4 Å². The van der Waals surface area contributed by atoms with Gasteiger partial charge in [0.2, 0.25) is 0 Å². The molecule has 0 aromatic carbocycles. The van der Waals surface area contributed by atoms with Crippen molar-refractivity contribution in [3.05, 3.63) is 0 Å². The van der Waals surface area contributed by atoms with Crippen LogP contribution in [0.4, 0.5) is 105 Å². The zero-order chi connectivity index (χ0) is 60.0. The molecule has 0 aromatic heterocycles. The monoisotopic (exact) mass is 1210 g/mol.